The topological polar surface area (TPSA) is 59.1 Å². The molecular weight excluding hydrogens is 348 g/mol. The van der Waals surface area contributed by atoms with Crippen molar-refractivity contribution in [3.05, 3.63) is 72.3 Å². The second kappa shape index (κ2) is 8.36. The Kier molecular flexibility index (Phi) is 5.71. The number of ether oxygens (including phenoxy) is 1. The number of hydrogen-bond acceptors (Lipinski definition) is 5. The molecule has 0 aliphatic heterocycles. The molecule has 0 saturated carbocycles. The molecule has 5 nitrogen and oxygen atoms in total. The van der Waals surface area contributed by atoms with Crippen LogP contribution < -0.4 is 15.4 Å². The molecule has 0 fully saturated rings. The van der Waals surface area contributed by atoms with Gasteiger partial charge in [0.15, 0.2) is 0 Å². The predicted molar refractivity (Wildman–Crippen MR) is 107 cm³/mol. The molecule has 26 heavy (non-hydrogen) atoms. The van der Waals surface area contributed by atoms with Crippen LogP contribution in [0.15, 0.2) is 67.3 Å². The third kappa shape index (κ3) is 4.32. The Morgan fingerprint density at radius 1 is 1.12 bits per heavy atom. The molecule has 0 aliphatic carbocycles. The normalized spacial score (nSPS) is 10.2. The van der Waals surface area contributed by atoms with Crippen LogP contribution in [0.1, 0.15) is 0 Å². The zero-order chi connectivity index (χ0) is 18.4. The standard InChI is InChI=1S/C20H19ClN4O/c1-3-11-22-20-24-16(14-7-5-4-6-8-14)13-19(25-20)23-17-12-15(21)9-10-18(17)26-2/h3-10,12-13H,1,11H2,2H3,(H2,22,23,24,25). The summed E-state index contributed by atoms with van der Waals surface area (Å²) in [5, 5.41) is 7.00. The summed E-state index contributed by atoms with van der Waals surface area (Å²) < 4.78 is 5.39. The lowest BCUT2D eigenvalue weighted by atomic mass is 10.1. The maximum absolute atomic E-state index is 6.12. The number of nitrogens with one attached hydrogen (secondary N) is 2. The molecule has 0 radical (unpaired) electrons. The minimum absolute atomic E-state index is 0.509. The first-order valence-electron chi connectivity index (χ1n) is 8.09. The Bertz CT molecular complexity index is 900. The van der Waals surface area contributed by atoms with Crippen LogP contribution in [0.3, 0.4) is 0 Å². The first-order valence-corrected chi connectivity index (χ1v) is 8.47. The molecule has 0 amide bonds. The van der Waals surface area contributed by atoms with E-state index in [0.29, 0.717) is 29.1 Å². The first kappa shape index (κ1) is 17.8. The lowest BCUT2D eigenvalue weighted by Crippen LogP contribution is -2.06. The van der Waals surface area contributed by atoms with Crippen LogP contribution in [0.5, 0.6) is 5.75 Å². The number of hydrogen-bond donors (Lipinski definition) is 2. The molecule has 2 N–H and O–H groups in total. The van der Waals surface area contributed by atoms with Crippen molar-refractivity contribution in [1.82, 2.24) is 9.97 Å². The molecular formula is C20H19ClN4O. The third-order valence-electron chi connectivity index (χ3n) is 3.62. The van der Waals surface area contributed by atoms with Crippen molar-refractivity contribution in [2.24, 2.45) is 0 Å². The molecule has 0 spiro atoms. The van der Waals surface area contributed by atoms with Crippen LogP contribution in [0.4, 0.5) is 17.5 Å². The quantitative estimate of drug-likeness (QED) is 0.566. The number of methoxy groups -OCH3 is 1. The van der Waals surface area contributed by atoms with E-state index >= 15 is 0 Å². The van der Waals surface area contributed by atoms with Crippen molar-refractivity contribution in [3.63, 3.8) is 0 Å². The third-order valence-corrected chi connectivity index (χ3v) is 3.86. The second-order valence-electron chi connectivity index (χ2n) is 5.47. The summed E-state index contributed by atoms with van der Waals surface area (Å²) in [5.41, 5.74) is 2.53. The summed E-state index contributed by atoms with van der Waals surface area (Å²) in [6.07, 6.45) is 1.76. The van der Waals surface area contributed by atoms with Gasteiger partial charge in [0.1, 0.15) is 11.6 Å². The van der Waals surface area contributed by atoms with E-state index < -0.39 is 0 Å². The summed E-state index contributed by atoms with van der Waals surface area (Å²) in [6.45, 7) is 4.28. The van der Waals surface area contributed by atoms with Gasteiger partial charge in [0.25, 0.3) is 0 Å². The van der Waals surface area contributed by atoms with Gasteiger partial charge in [-0.25, -0.2) is 4.98 Å². The molecule has 2 aromatic carbocycles. The summed E-state index contributed by atoms with van der Waals surface area (Å²) in [5.74, 6) is 1.82. The van der Waals surface area contributed by atoms with Crippen molar-refractivity contribution in [2.75, 3.05) is 24.3 Å². The van der Waals surface area contributed by atoms with Gasteiger partial charge in [0.05, 0.1) is 18.5 Å². The summed E-state index contributed by atoms with van der Waals surface area (Å²) in [7, 11) is 1.61. The van der Waals surface area contributed by atoms with Crippen LogP contribution in [-0.4, -0.2) is 23.6 Å². The minimum Gasteiger partial charge on any atom is -0.495 e. The van der Waals surface area contributed by atoms with E-state index in [0.717, 1.165) is 16.9 Å². The fraction of sp³-hybridized carbons (Fsp3) is 0.100. The molecule has 1 heterocycles. The number of benzene rings is 2. The highest BCUT2D eigenvalue weighted by Gasteiger charge is 2.10. The maximum Gasteiger partial charge on any atom is 0.225 e. The van der Waals surface area contributed by atoms with Gasteiger partial charge >= 0.3 is 0 Å². The largest absolute Gasteiger partial charge is 0.495 e. The molecule has 0 aliphatic rings. The van der Waals surface area contributed by atoms with Gasteiger partial charge < -0.3 is 15.4 Å². The van der Waals surface area contributed by atoms with Crippen LogP contribution >= 0.6 is 11.6 Å². The minimum atomic E-state index is 0.509. The van der Waals surface area contributed by atoms with E-state index in [9.17, 15) is 0 Å². The zero-order valence-corrected chi connectivity index (χ0v) is 15.1. The van der Waals surface area contributed by atoms with Gasteiger partial charge in [-0.05, 0) is 18.2 Å². The summed E-state index contributed by atoms with van der Waals surface area (Å²) >= 11 is 6.12. The van der Waals surface area contributed by atoms with Gasteiger partial charge in [-0.3, -0.25) is 0 Å². The highest BCUT2D eigenvalue weighted by atomic mass is 35.5. The maximum atomic E-state index is 6.12. The molecule has 3 aromatic rings. The van der Waals surface area contributed by atoms with Gasteiger partial charge in [-0.15, -0.1) is 6.58 Å². The van der Waals surface area contributed by atoms with E-state index in [1.165, 1.54) is 0 Å². The fourth-order valence-electron chi connectivity index (χ4n) is 2.43. The van der Waals surface area contributed by atoms with E-state index in [1.807, 2.05) is 36.4 Å². The van der Waals surface area contributed by atoms with Crippen LogP contribution in [-0.2, 0) is 0 Å². The lowest BCUT2D eigenvalue weighted by molar-refractivity contribution is 0.417. The van der Waals surface area contributed by atoms with Crippen molar-refractivity contribution >= 4 is 29.1 Å². The average molecular weight is 367 g/mol. The Balaban J connectivity index is 2.00. The molecule has 0 bridgehead atoms. The summed E-state index contributed by atoms with van der Waals surface area (Å²) in [4.78, 5) is 9.09. The zero-order valence-electron chi connectivity index (χ0n) is 14.4. The predicted octanol–water partition coefficient (Wildman–Crippen LogP) is 5.15. The number of aromatic nitrogens is 2. The van der Waals surface area contributed by atoms with Crippen LogP contribution in [0, 0.1) is 0 Å². The first-order chi connectivity index (χ1) is 12.7. The van der Waals surface area contributed by atoms with Gasteiger partial charge in [0.2, 0.25) is 5.95 Å². The van der Waals surface area contributed by atoms with Crippen LogP contribution in [0.25, 0.3) is 11.3 Å². The van der Waals surface area contributed by atoms with Gasteiger partial charge in [-0.1, -0.05) is 48.0 Å². The smallest absolute Gasteiger partial charge is 0.225 e. The lowest BCUT2D eigenvalue weighted by Gasteiger charge is -2.13. The van der Waals surface area contributed by atoms with E-state index in [2.05, 4.69) is 27.2 Å². The molecule has 0 unspecified atom stereocenters. The Morgan fingerprint density at radius 2 is 1.92 bits per heavy atom. The molecule has 0 saturated heterocycles. The average Bonchev–Trinajstić information content (AvgIpc) is 2.67. The van der Waals surface area contributed by atoms with Crippen LogP contribution in [0.2, 0.25) is 5.02 Å². The van der Waals surface area contributed by atoms with Crippen molar-refractivity contribution in [2.45, 2.75) is 0 Å². The Morgan fingerprint density at radius 3 is 2.65 bits per heavy atom. The number of nitrogens with zero attached hydrogens (tertiary/aromatic N) is 2. The van der Waals surface area contributed by atoms with Gasteiger partial charge in [-0.2, -0.15) is 4.98 Å². The monoisotopic (exact) mass is 366 g/mol. The Labute approximate surface area is 157 Å². The molecule has 0 atom stereocenters. The van der Waals surface area contributed by atoms with Crippen molar-refractivity contribution < 1.29 is 4.74 Å². The number of rotatable bonds is 7. The van der Waals surface area contributed by atoms with Gasteiger partial charge in [0, 0.05) is 23.2 Å². The molecule has 132 valence electrons. The summed E-state index contributed by atoms with van der Waals surface area (Å²) in [6, 6.07) is 17.2. The second-order valence-corrected chi connectivity index (χ2v) is 5.90. The molecule has 6 heteroatoms. The Hall–Kier alpha value is -3.05. The van der Waals surface area contributed by atoms with Crippen molar-refractivity contribution in [3.8, 4) is 17.0 Å². The number of halogens is 1. The highest BCUT2D eigenvalue weighted by Crippen LogP contribution is 2.31. The van der Waals surface area contributed by atoms with E-state index in [-0.39, 0.29) is 0 Å². The van der Waals surface area contributed by atoms with Crippen molar-refractivity contribution in [1.29, 1.82) is 0 Å². The molecule has 1 aromatic heterocycles. The fourth-order valence-corrected chi connectivity index (χ4v) is 2.60. The molecule has 3 rings (SSSR count). The number of anilines is 3. The SMILES string of the molecule is C=CCNc1nc(Nc2cc(Cl)ccc2OC)cc(-c2ccccc2)n1. The van der Waals surface area contributed by atoms with E-state index in [4.69, 9.17) is 16.3 Å². The van der Waals surface area contributed by atoms with E-state index in [1.54, 1.807) is 31.4 Å². The highest BCUT2D eigenvalue weighted by molar-refractivity contribution is 6.31.